The van der Waals surface area contributed by atoms with Gasteiger partial charge in [0.1, 0.15) is 12.4 Å². The van der Waals surface area contributed by atoms with Crippen LogP contribution in [0.3, 0.4) is 0 Å². The zero-order valence-electron chi connectivity index (χ0n) is 16.5. The first-order chi connectivity index (χ1) is 12.9. The van der Waals surface area contributed by atoms with E-state index in [1.54, 1.807) is 14.1 Å². The molecule has 144 valence electrons. The third-order valence-electron chi connectivity index (χ3n) is 3.87. The van der Waals surface area contributed by atoms with E-state index in [0.29, 0.717) is 19.0 Å². The Labute approximate surface area is 160 Å². The van der Waals surface area contributed by atoms with Gasteiger partial charge in [-0.1, -0.05) is 42.5 Å². The first kappa shape index (κ1) is 20.2. The maximum Gasteiger partial charge on any atom is 0.243 e. The fraction of sp³-hybridized carbons (Fsp3) is 0.350. The molecule has 2 rings (SSSR count). The Morgan fingerprint density at radius 1 is 1.26 bits per heavy atom. The minimum absolute atomic E-state index is 0.0533. The number of imidazole rings is 1. The Hall–Kier alpha value is -3.09. The molecule has 0 radical (unpaired) electrons. The molecule has 2 N–H and O–H groups in total. The van der Waals surface area contributed by atoms with Gasteiger partial charge in [-0.25, -0.2) is 9.98 Å². The second-order valence-corrected chi connectivity index (χ2v) is 6.70. The SMILES string of the molecule is C=C(C)CNC(=NCC(=O)N(C)C)N(C)Cc1ncc(-c2ccccc2)[nH]1. The summed E-state index contributed by atoms with van der Waals surface area (Å²) in [4.78, 5) is 27.6. The molecule has 0 aliphatic heterocycles. The number of amides is 1. The number of hydrogen-bond acceptors (Lipinski definition) is 3. The van der Waals surface area contributed by atoms with E-state index < -0.39 is 0 Å². The molecule has 0 bridgehead atoms. The maximum atomic E-state index is 11.9. The van der Waals surface area contributed by atoms with Crippen LogP contribution < -0.4 is 5.32 Å². The fourth-order valence-corrected chi connectivity index (χ4v) is 2.33. The van der Waals surface area contributed by atoms with Crippen molar-refractivity contribution in [2.75, 3.05) is 34.2 Å². The molecule has 0 atom stereocenters. The van der Waals surface area contributed by atoms with Crippen molar-refractivity contribution in [3.63, 3.8) is 0 Å². The number of aromatic amines is 1. The summed E-state index contributed by atoms with van der Waals surface area (Å²) in [5, 5.41) is 3.24. The van der Waals surface area contributed by atoms with Crippen molar-refractivity contribution in [3.05, 3.63) is 54.5 Å². The van der Waals surface area contributed by atoms with E-state index in [-0.39, 0.29) is 12.5 Å². The Kier molecular flexibility index (Phi) is 7.16. The predicted molar refractivity (Wildman–Crippen MR) is 109 cm³/mol. The highest BCUT2D eigenvalue weighted by Crippen LogP contribution is 2.16. The van der Waals surface area contributed by atoms with Crippen LogP contribution in [0.4, 0.5) is 0 Å². The average Bonchev–Trinajstić information content (AvgIpc) is 3.10. The molecule has 7 nitrogen and oxygen atoms in total. The van der Waals surface area contributed by atoms with Crippen LogP contribution in [-0.2, 0) is 11.3 Å². The summed E-state index contributed by atoms with van der Waals surface area (Å²) in [7, 11) is 5.35. The molecular formula is C20H28N6O. The minimum Gasteiger partial charge on any atom is -0.352 e. The van der Waals surface area contributed by atoms with Gasteiger partial charge in [0, 0.05) is 27.7 Å². The van der Waals surface area contributed by atoms with E-state index in [1.165, 1.54) is 4.90 Å². The lowest BCUT2D eigenvalue weighted by Gasteiger charge is -2.22. The van der Waals surface area contributed by atoms with Gasteiger partial charge in [0.05, 0.1) is 18.4 Å². The smallest absolute Gasteiger partial charge is 0.243 e. The van der Waals surface area contributed by atoms with E-state index >= 15 is 0 Å². The molecule has 0 aliphatic carbocycles. The summed E-state index contributed by atoms with van der Waals surface area (Å²) < 4.78 is 0. The van der Waals surface area contributed by atoms with Gasteiger partial charge in [-0.15, -0.1) is 0 Å². The number of carbonyl (C=O) groups excluding carboxylic acids is 1. The molecule has 0 aliphatic rings. The molecule has 0 saturated carbocycles. The van der Waals surface area contributed by atoms with E-state index in [9.17, 15) is 4.79 Å². The van der Waals surface area contributed by atoms with Crippen LogP contribution in [0.1, 0.15) is 12.7 Å². The topological polar surface area (TPSA) is 76.6 Å². The van der Waals surface area contributed by atoms with Gasteiger partial charge >= 0.3 is 0 Å². The Morgan fingerprint density at radius 3 is 2.59 bits per heavy atom. The van der Waals surface area contributed by atoms with Crippen molar-refractivity contribution in [3.8, 4) is 11.3 Å². The number of nitrogens with one attached hydrogen (secondary N) is 2. The van der Waals surface area contributed by atoms with Gasteiger partial charge in [0.25, 0.3) is 0 Å². The number of rotatable bonds is 7. The first-order valence-electron chi connectivity index (χ1n) is 8.80. The van der Waals surface area contributed by atoms with Crippen LogP contribution in [0.25, 0.3) is 11.3 Å². The number of carbonyl (C=O) groups is 1. The zero-order chi connectivity index (χ0) is 19.8. The number of likely N-dealkylation sites (N-methyl/N-ethyl adjacent to an activating group) is 1. The predicted octanol–water partition coefficient (Wildman–Crippen LogP) is 2.12. The molecule has 27 heavy (non-hydrogen) atoms. The van der Waals surface area contributed by atoms with Gasteiger partial charge in [0.2, 0.25) is 5.91 Å². The fourth-order valence-electron chi connectivity index (χ4n) is 2.33. The van der Waals surface area contributed by atoms with Gasteiger partial charge in [0.15, 0.2) is 5.96 Å². The Balaban J connectivity index is 2.09. The number of guanidine groups is 1. The van der Waals surface area contributed by atoms with Crippen LogP contribution in [0.5, 0.6) is 0 Å². The Morgan fingerprint density at radius 2 is 1.96 bits per heavy atom. The largest absolute Gasteiger partial charge is 0.352 e. The molecule has 0 saturated heterocycles. The van der Waals surface area contributed by atoms with Crippen LogP contribution >= 0.6 is 0 Å². The first-order valence-corrected chi connectivity index (χ1v) is 8.80. The highest BCUT2D eigenvalue weighted by atomic mass is 16.2. The number of H-pyrrole nitrogens is 1. The lowest BCUT2D eigenvalue weighted by atomic mass is 10.2. The number of benzene rings is 1. The molecule has 0 spiro atoms. The lowest BCUT2D eigenvalue weighted by molar-refractivity contribution is -0.127. The van der Waals surface area contributed by atoms with Gasteiger partial charge < -0.3 is 20.1 Å². The molecule has 1 amide bonds. The van der Waals surface area contributed by atoms with Crippen molar-refractivity contribution in [2.45, 2.75) is 13.5 Å². The van der Waals surface area contributed by atoms with Gasteiger partial charge in [-0.3, -0.25) is 4.79 Å². The van der Waals surface area contributed by atoms with Crippen molar-refractivity contribution < 1.29 is 4.79 Å². The van der Waals surface area contributed by atoms with Crippen molar-refractivity contribution >= 4 is 11.9 Å². The van der Waals surface area contributed by atoms with Crippen molar-refractivity contribution in [2.24, 2.45) is 4.99 Å². The van der Waals surface area contributed by atoms with Crippen LogP contribution in [-0.4, -0.2) is 65.9 Å². The summed E-state index contributed by atoms with van der Waals surface area (Å²) >= 11 is 0. The number of aromatic nitrogens is 2. The third-order valence-corrected chi connectivity index (χ3v) is 3.87. The minimum atomic E-state index is -0.0533. The van der Waals surface area contributed by atoms with E-state index in [0.717, 1.165) is 22.7 Å². The zero-order valence-corrected chi connectivity index (χ0v) is 16.5. The quantitative estimate of drug-likeness (QED) is 0.446. The normalized spacial score (nSPS) is 11.2. The molecule has 1 aromatic heterocycles. The summed E-state index contributed by atoms with van der Waals surface area (Å²) in [6, 6.07) is 10.1. The van der Waals surface area contributed by atoms with Crippen molar-refractivity contribution in [1.29, 1.82) is 0 Å². The third kappa shape index (κ3) is 6.29. The van der Waals surface area contributed by atoms with Crippen LogP contribution in [0.15, 0.2) is 53.7 Å². The highest BCUT2D eigenvalue weighted by Gasteiger charge is 2.12. The highest BCUT2D eigenvalue weighted by molar-refractivity contribution is 5.84. The number of nitrogens with zero attached hydrogens (tertiary/aromatic N) is 4. The lowest BCUT2D eigenvalue weighted by Crippen LogP contribution is -2.40. The standard InChI is InChI=1S/C20H28N6O/c1-15(2)11-22-20(23-13-19(27)25(3)4)26(5)14-18-21-12-17(24-18)16-9-7-6-8-10-16/h6-10,12H,1,11,13-14H2,2-5H3,(H,21,24)(H,22,23). The molecule has 2 aromatic rings. The summed E-state index contributed by atoms with van der Waals surface area (Å²) in [6.45, 7) is 7.05. The van der Waals surface area contributed by atoms with Gasteiger partial charge in [-0.05, 0) is 12.5 Å². The van der Waals surface area contributed by atoms with Crippen LogP contribution in [0.2, 0.25) is 0 Å². The average molecular weight is 368 g/mol. The monoisotopic (exact) mass is 368 g/mol. The van der Waals surface area contributed by atoms with E-state index in [1.807, 2.05) is 55.4 Å². The van der Waals surface area contributed by atoms with Gasteiger partial charge in [-0.2, -0.15) is 0 Å². The molecule has 0 fully saturated rings. The number of hydrogen-bond donors (Lipinski definition) is 2. The summed E-state index contributed by atoms with van der Waals surface area (Å²) in [6.07, 6.45) is 1.83. The second-order valence-electron chi connectivity index (χ2n) is 6.70. The van der Waals surface area contributed by atoms with E-state index in [4.69, 9.17) is 0 Å². The molecule has 0 unspecified atom stereocenters. The Bertz CT molecular complexity index is 794. The second kappa shape index (κ2) is 9.56. The van der Waals surface area contributed by atoms with Crippen molar-refractivity contribution in [1.82, 2.24) is 25.1 Å². The molecule has 1 aromatic carbocycles. The molecule has 1 heterocycles. The van der Waals surface area contributed by atoms with Crippen LogP contribution in [0, 0.1) is 0 Å². The molecule has 7 heteroatoms. The molecular weight excluding hydrogens is 340 g/mol. The van der Waals surface area contributed by atoms with E-state index in [2.05, 4.69) is 26.9 Å². The maximum absolute atomic E-state index is 11.9. The number of aliphatic imine (C=N–C) groups is 1. The summed E-state index contributed by atoms with van der Waals surface area (Å²) in [5.41, 5.74) is 3.04. The summed E-state index contributed by atoms with van der Waals surface area (Å²) in [5.74, 6) is 1.40.